The predicted molar refractivity (Wildman–Crippen MR) is 68.0 cm³/mol. The number of hydrogen-bond acceptors (Lipinski definition) is 4. The number of fused-ring (bicyclic) bond motifs is 1. The van der Waals surface area contributed by atoms with Crippen molar-refractivity contribution in [1.82, 2.24) is 10.1 Å². The SMILES string of the molecule is O=C(c1c[nH]c2cccc(O)c12)C(CO)NP. The van der Waals surface area contributed by atoms with E-state index in [0.29, 0.717) is 16.5 Å². The standard InChI is InChI=1S/C11H13N2O3P/c14-5-8(13-17)11(16)6-4-12-7-2-1-3-9(15)10(6)7/h1-4,8,12-15H,5,17H2. The molecule has 1 heterocycles. The molecule has 2 unspecified atom stereocenters. The van der Waals surface area contributed by atoms with Crippen LogP contribution in [0, 0.1) is 0 Å². The molecular formula is C11H13N2O3P. The van der Waals surface area contributed by atoms with E-state index in [-0.39, 0.29) is 18.1 Å². The Bertz CT molecular complexity index is 549. The van der Waals surface area contributed by atoms with Gasteiger partial charge in [0.1, 0.15) is 5.75 Å². The first-order valence-electron chi connectivity index (χ1n) is 5.09. The molecule has 2 aromatic rings. The van der Waals surface area contributed by atoms with Crippen LogP contribution in [0.15, 0.2) is 24.4 Å². The normalized spacial score (nSPS) is 12.8. The second-order valence-electron chi connectivity index (χ2n) is 3.67. The summed E-state index contributed by atoms with van der Waals surface area (Å²) in [6.07, 6.45) is 1.54. The Kier molecular flexibility index (Phi) is 3.43. The Morgan fingerprint density at radius 3 is 2.94 bits per heavy atom. The lowest BCUT2D eigenvalue weighted by molar-refractivity contribution is 0.0918. The monoisotopic (exact) mass is 252 g/mol. The number of phenolic OH excluding ortho intramolecular Hbond substituents is 1. The van der Waals surface area contributed by atoms with Crippen molar-refractivity contribution in [3.05, 3.63) is 30.0 Å². The molecule has 0 aliphatic heterocycles. The fourth-order valence-corrected chi connectivity index (χ4v) is 2.02. The van der Waals surface area contributed by atoms with Crippen LogP contribution in [0.2, 0.25) is 0 Å². The Hall–Kier alpha value is -1.42. The fourth-order valence-electron chi connectivity index (χ4n) is 1.76. The third-order valence-corrected chi connectivity index (χ3v) is 3.05. The van der Waals surface area contributed by atoms with E-state index in [1.54, 1.807) is 12.1 Å². The van der Waals surface area contributed by atoms with Crippen LogP contribution < -0.4 is 5.09 Å². The van der Waals surface area contributed by atoms with E-state index >= 15 is 0 Å². The van der Waals surface area contributed by atoms with Crippen LogP contribution in [0.25, 0.3) is 10.9 Å². The second-order valence-corrected chi connectivity index (χ2v) is 4.00. The molecule has 0 radical (unpaired) electrons. The van der Waals surface area contributed by atoms with Crippen molar-refractivity contribution in [2.45, 2.75) is 6.04 Å². The van der Waals surface area contributed by atoms with Gasteiger partial charge in [-0.2, -0.15) is 0 Å². The number of Topliss-reactive ketones (excluding diaryl/α,β-unsaturated/α-hetero) is 1. The number of aliphatic hydroxyl groups excluding tert-OH is 1. The van der Waals surface area contributed by atoms with Crippen molar-refractivity contribution >= 4 is 26.1 Å². The maximum absolute atomic E-state index is 12.1. The van der Waals surface area contributed by atoms with Gasteiger partial charge in [-0.15, -0.1) is 0 Å². The van der Waals surface area contributed by atoms with Crippen molar-refractivity contribution in [3.8, 4) is 5.75 Å². The Labute approximate surface area is 100 Å². The van der Waals surface area contributed by atoms with Crippen molar-refractivity contribution in [3.63, 3.8) is 0 Å². The van der Waals surface area contributed by atoms with Gasteiger partial charge in [-0.3, -0.25) is 9.88 Å². The molecule has 2 atom stereocenters. The highest BCUT2D eigenvalue weighted by Crippen LogP contribution is 2.28. The maximum Gasteiger partial charge on any atom is 0.184 e. The van der Waals surface area contributed by atoms with Crippen LogP contribution in [0.3, 0.4) is 0 Å². The molecule has 0 bridgehead atoms. The molecule has 4 N–H and O–H groups in total. The van der Waals surface area contributed by atoms with Crippen molar-refractivity contribution < 1.29 is 15.0 Å². The summed E-state index contributed by atoms with van der Waals surface area (Å²) < 4.78 is 0. The lowest BCUT2D eigenvalue weighted by Crippen LogP contribution is -2.33. The van der Waals surface area contributed by atoms with Gasteiger partial charge in [0.25, 0.3) is 0 Å². The van der Waals surface area contributed by atoms with Crippen LogP contribution in [0.1, 0.15) is 10.4 Å². The van der Waals surface area contributed by atoms with Gasteiger partial charge in [-0.25, -0.2) is 0 Å². The van der Waals surface area contributed by atoms with E-state index < -0.39 is 6.04 Å². The van der Waals surface area contributed by atoms with Crippen molar-refractivity contribution in [2.24, 2.45) is 0 Å². The van der Waals surface area contributed by atoms with E-state index in [9.17, 15) is 9.90 Å². The summed E-state index contributed by atoms with van der Waals surface area (Å²) in [4.78, 5) is 15.0. The first-order chi connectivity index (χ1) is 8.19. The number of hydrogen-bond donors (Lipinski definition) is 4. The molecule has 0 saturated heterocycles. The number of phenols is 1. The highest BCUT2D eigenvalue weighted by Gasteiger charge is 2.21. The van der Waals surface area contributed by atoms with Gasteiger partial charge in [0, 0.05) is 17.3 Å². The van der Waals surface area contributed by atoms with Gasteiger partial charge in [-0.05, 0) is 12.1 Å². The number of aromatic amines is 1. The Balaban J connectivity index is 2.52. The summed E-state index contributed by atoms with van der Waals surface area (Å²) >= 11 is 0. The summed E-state index contributed by atoms with van der Waals surface area (Å²) in [5.74, 6) is -0.220. The number of aromatic nitrogens is 1. The number of ketones is 1. The van der Waals surface area contributed by atoms with E-state index in [1.165, 1.54) is 12.3 Å². The molecule has 0 amide bonds. The van der Waals surface area contributed by atoms with Gasteiger partial charge in [0.15, 0.2) is 5.78 Å². The van der Waals surface area contributed by atoms with Gasteiger partial charge in [0.2, 0.25) is 0 Å². The molecule has 0 aliphatic rings. The molecule has 17 heavy (non-hydrogen) atoms. The predicted octanol–water partition coefficient (Wildman–Crippen LogP) is 0.797. The van der Waals surface area contributed by atoms with Crippen LogP contribution in [-0.2, 0) is 0 Å². The molecule has 0 saturated carbocycles. The minimum atomic E-state index is -0.696. The number of nitrogens with one attached hydrogen (secondary N) is 2. The van der Waals surface area contributed by atoms with E-state index in [1.807, 2.05) is 0 Å². The fraction of sp³-hybridized carbons (Fsp3) is 0.182. The summed E-state index contributed by atoms with van der Waals surface area (Å²) in [5, 5.41) is 22.0. The average Bonchev–Trinajstić information content (AvgIpc) is 2.75. The second kappa shape index (κ2) is 4.84. The quantitative estimate of drug-likeness (QED) is 0.479. The molecule has 0 aliphatic carbocycles. The number of aliphatic hydroxyl groups is 1. The summed E-state index contributed by atoms with van der Waals surface area (Å²) in [7, 11) is 2.20. The lowest BCUT2D eigenvalue weighted by atomic mass is 10.0. The van der Waals surface area contributed by atoms with Crippen molar-refractivity contribution in [2.75, 3.05) is 6.61 Å². The zero-order valence-electron chi connectivity index (χ0n) is 8.97. The largest absolute Gasteiger partial charge is 0.507 e. The average molecular weight is 252 g/mol. The smallest absolute Gasteiger partial charge is 0.184 e. The summed E-state index contributed by atoms with van der Waals surface area (Å²) in [6, 6.07) is 4.29. The minimum Gasteiger partial charge on any atom is -0.507 e. The summed E-state index contributed by atoms with van der Waals surface area (Å²) in [5.41, 5.74) is 1.06. The molecule has 1 aromatic heterocycles. The third-order valence-electron chi connectivity index (χ3n) is 2.65. The molecule has 1 aromatic carbocycles. The number of carbonyl (C=O) groups is 1. The van der Waals surface area contributed by atoms with Crippen LogP contribution in [0.4, 0.5) is 0 Å². The Morgan fingerprint density at radius 2 is 2.29 bits per heavy atom. The molecule has 6 heteroatoms. The first-order valence-corrected chi connectivity index (χ1v) is 5.67. The molecule has 90 valence electrons. The zero-order chi connectivity index (χ0) is 12.4. The van der Waals surface area contributed by atoms with Gasteiger partial charge in [-0.1, -0.05) is 15.5 Å². The minimum absolute atomic E-state index is 0.0487. The van der Waals surface area contributed by atoms with Gasteiger partial charge >= 0.3 is 0 Å². The maximum atomic E-state index is 12.1. The number of aromatic hydroxyl groups is 1. The van der Waals surface area contributed by atoms with E-state index in [0.717, 1.165) is 0 Å². The highest BCUT2D eigenvalue weighted by molar-refractivity contribution is 7.13. The molecular weight excluding hydrogens is 239 g/mol. The molecule has 2 rings (SSSR count). The highest BCUT2D eigenvalue weighted by atomic mass is 31.0. The van der Waals surface area contributed by atoms with Crippen LogP contribution >= 0.6 is 9.39 Å². The van der Waals surface area contributed by atoms with Gasteiger partial charge in [0.05, 0.1) is 18.0 Å². The van der Waals surface area contributed by atoms with Crippen LogP contribution in [-0.4, -0.2) is 33.6 Å². The number of H-pyrrole nitrogens is 1. The Morgan fingerprint density at radius 1 is 1.53 bits per heavy atom. The van der Waals surface area contributed by atoms with E-state index in [4.69, 9.17) is 5.11 Å². The van der Waals surface area contributed by atoms with Crippen LogP contribution in [0.5, 0.6) is 5.75 Å². The van der Waals surface area contributed by atoms with E-state index in [2.05, 4.69) is 19.5 Å². The molecule has 0 spiro atoms. The topological polar surface area (TPSA) is 85.4 Å². The zero-order valence-corrected chi connectivity index (χ0v) is 10.1. The first kappa shape index (κ1) is 12.0. The van der Waals surface area contributed by atoms with Gasteiger partial charge < -0.3 is 15.2 Å². The van der Waals surface area contributed by atoms with Crippen molar-refractivity contribution in [1.29, 1.82) is 0 Å². The summed E-state index contributed by atoms with van der Waals surface area (Å²) in [6.45, 7) is -0.303. The number of benzene rings is 1. The molecule has 0 fully saturated rings. The third kappa shape index (κ3) is 2.05. The lowest BCUT2D eigenvalue weighted by Gasteiger charge is -2.10. The molecule has 5 nitrogen and oxygen atoms in total. The number of rotatable bonds is 4. The number of carbonyl (C=O) groups excluding carboxylic acids is 1.